The molecule has 1 heterocycles. The number of hydrogen-bond acceptors (Lipinski definition) is 3. The summed E-state index contributed by atoms with van der Waals surface area (Å²) in [4.78, 5) is 18.1. The number of primary amides is 1. The highest BCUT2D eigenvalue weighted by molar-refractivity contribution is 5.98. The number of nitrogens with zero attached hydrogens (tertiary/aromatic N) is 2. The Hall–Kier alpha value is -1.16. The van der Waals surface area contributed by atoms with Crippen LogP contribution in [-0.4, -0.2) is 24.9 Å². The highest BCUT2D eigenvalue weighted by Crippen LogP contribution is 1.94. The number of carbonyl (C=O) groups is 1. The molecule has 0 fully saturated rings. The van der Waals surface area contributed by atoms with Crippen molar-refractivity contribution >= 4 is 30.7 Å². The fourth-order valence-electron chi connectivity index (χ4n) is 0.559. The number of aliphatic imine (C=N–C) groups is 2. The zero-order chi connectivity index (χ0) is 7.40. The average Bonchev–Trinajstić information content (AvgIpc) is 2.12. The number of halogens is 1. The van der Waals surface area contributed by atoms with Gasteiger partial charge >= 0.3 is 0 Å². The van der Waals surface area contributed by atoms with Crippen molar-refractivity contribution in [2.24, 2.45) is 15.7 Å². The molecule has 5 heteroatoms. The van der Waals surface area contributed by atoms with Crippen molar-refractivity contribution in [3.63, 3.8) is 0 Å². The third-order valence-electron chi connectivity index (χ3n) is 1.01. The molecule has 0 aromatic heterocycles. The summed E-state index contributed by atoms with van der Waals surface area (Å²) in [6.07, 6.45) is 4.55. The first kappa shape index (κ1) is 9.84. The van der Waals surface area contributed by atoms with E-state index in [0.29, 0.717) is 6.54 Å². The van der Waals surface area contributed by atoms with E-state index in [2.05, 4.69) is 9.98 Å². The van der Waals surface area contributed by atoms with Crippen molar-refractivity contribution < 1.29 is 4.79 Å². The van der Waals surface area contributed by atoms with Crippen LogP contribution in [0.4, 0.5) is 0 Å². The van der Waals surface area contributed by atoms with Crippen LogP contribution in [0.5, 0.6) is 0 Å². The average molecular weight is 174 g/mol. The van der Waals surface area contributed by atoms with Crippen LogP contribution in [0.15, 0.2) is 21.8 Å². The largest absolute Gasteiger partial charge is 0.364 e. The Balaban J connectivity index is 0.000001000. The summed E-state index contributed by atoms with van der Waals surface area (Å²) in [7, 11) is 0. The fourth-order valence-corrected chi connectivity index (χ4v) is 0.559. The predicted molar refractivity (Wildman–Crippen MR) is 46.4 cm³/mol. The second kappa shape index (κ2) is 4.62. The third-order valence-corrected chi connectivity index (χ3v) is 1.01. The number of carbonyl (C=O) groups excluding carboxylic acids is 1. The molecule has 2 N–H and O–H groups in total. The lowest BCUT2D eigenvalue weighted by Crippen LogP contribution is -2.12. The van der Waals surface area contributed by atoms with E-state index < -0.39 is 5.91 Å². The molecule has 1 rings (SSSR count). The van der Waals surface area contributed by atoms with E-state index in [0.717, 1.165) is 0 Å². The number of nitrogens with two attached hydrogens (primary N) is 1. The van der Waals surface area contributed by atoms with E-state index in [1.54, 1.807) is 6.21 Å². The molecule has 0 saturated carbocycles. The van der Waals surface area contributed by atoms with Crippen LogP contribution >= 0.6 is 12.4 Å². The predicted octanol–water partition coefficient (Wildman–Crippen LogP) is -0.0674. The Morgan fingerprint density at radius 2 is 2.36 bits per heavy atom. The van der Waals surface area contributed by atoms with Gasteiger partial charge in [-0.25, -0.2) is 0 Å². The minimum atomic E-state index is -0.524. The second-order valence-electron chi connectivity index (χ2n) is 1.74. The Labute approximate surface area is 70.3 Å². The first-order chi connectivity index (χ1) is 4.80. The van der Waals surface area contributed by atoms with Crippen molar-refractivity contribution in [3.8, 4) is 0 Å². The molecule has 0 radical (unpaired) electrons. The SMILES string of the molecule is Cl.NC(=O)C1=CC=NCC=N1. The summed E-state index contributed by atoms with van der Waals surface area (Å²) >= 11 is 0. The summed E-state index contributed by atoms with van der Waals surface area (Å²) in [6, 6.07) is 0. The maximum Gasteiger partial charge on any atom is 0.267 e. The quantitative estimate of drug-likeness (QED) is 0.593. The van der Waals surface area contributed by atoms with E-state index >= 15 is 0 Å². The van der Waals surface area contributed by atoms with Gasteiger partial charge in [0.2, 0.25) is 0 Å². The molecule has 60 valence electrons. The van der Waals surface area contributed by atoms with Crippen LogP contribution < -0.4 is 5.73 Å². The fraction of sp³-hybridized carbons (Fsp3) is 0.167. The van der Waals surface area contributed by atoms with Gasteiger partial charge in [-0.3, -0.25) is 14.8 Å². The monoisotopic (exact) mass is 173 g/mol. The minimum Gasteiger partial charge on any atom is -0.364 e. The van der Waals surface area contributed by atoms with Crippen molar-refractivity contribution in [1.29, 1.82) is 0 Å². The number of rotatable bonds is 1. The smallest absolute Gasteiger partial charge is 0.267 e. The van der Waals surface area contributed by atoms with E-state index in [9.17, 15) is 4.79 Å². The standard InChI is InChI=1S/C6H7N3O.ClH/c7-6(10)5-1-2-8-3-4-9-5;/h1-2,4H,3H2,(H2,7,10);1H. The Kier molecular flexibility index (Phi) is 4.14. The molecule has 0 aliphatic carbocycles. The maximum absolute atomic E-state index is 10.5. The van der Waals surface area contributed by atoms with Crippen LogP contribution in [0.25, 0.3) is 0 Å². The van der Waals surface area contributed by atoms with Crippen LogP contribution in [0, 0.1) is 0 Å². The second-order valence-corrected chi connectivity index (χ2v) is 1.74. The molecule has 0 saturated heterocycles. The van der Waals surface area contributed by atoms with E-state index in [-0.39, 0.29) is 18.1 Å². The normalized spacial score (nSPS) is 14.7. The summed E-state index contributed by atoms with van der Waals surface area (Å²) < 4.78 is 0. The minimum absolute atomic E-state index is 0. The molecule has 11 heavy (non-hydrogen) atoms. The number of allylic oxidation sites excluding steroid dienone is 1. The molecule has 0 aromatic rings. The summed E-state index contributed by atoms with van der Waals surface area (Å²) in [5.41, 5.74) is 5.21. The number of amides is 1. The van der Waals surface area contributed by atoms with E-state index in [1.165, 1.54) is 12.3 Å². The van der Waals surface area contributed by atoms with Crippen LogP contribution in [0.3, 0.4) is 0 Å². The zero-order valence-corrected chi connectivity index (χ0v) is 6.54. The topological polar surface area (TPSA) is 67.8 Å². The van der Waals surface area contributed by atoms with Gasteiger partial charge in [0.1, 0.15) is 5.70 Å². The van der Waals surface area contributed by atoms with Gasteiger partial charge in [0.05, 0.1) is 6.54 Å². The third kappa shape index (κ3) is 2.95. The molecule has 0 bridgehead atoms. The van der Waals surface area contributed by atoms with Gasteiger partial charge in [0, 0.05) is 12.4 Å². The first-order valence-corrected chi connectivity index (χ1v) is 2.83. The zero-order valence-electron chi connectivity index (χ0n) is 5.73. The molecular weight excluding hydrogens is 166 g/mol. The van der Waals surface area contributed by atoms with Crippen molar-refractivity contribution in [3.05, 3.63) is 11.8 Å². The summed E-state index contributed by atoms with van der Waals surface area (Å²) in [5, 5.41) is 0. The Bertz CT molecular complexity index is 232. The molecule has 0 unspecified atom stereocenters. The van der Waals surface area contributed by atoms with Gasteiger partial charge in [-0.15, -0.1) is 12.4 Å². The maximum atomic E-state index is 10.5. The molecule has 1 amide bonds. The van der Waals surface area contributed by atoms with Crippen molar-refractivity contribution in [2.75, 3.05) is 6.54 Å². The van der Waals surface area contributed by atoms with Gasteiger partial charge in [-0.2, -0.15) is 0 Å². The molecule has 1 aliphatic heterocycles. The highest BCUT2D eigenvalue weighted by Gasteiger charge is 2.00. The summed E-state index contributed by atoms with van der Waals surface area (Å²) in [6.45, 7) is 0.507. The lowest BCUT2D eigenvalue weighted by Gasteiger charge is -1.88. The lowest BCUT2D eigenvalue weighted by molar-refractivity contribution is -0.114. The van der Waals surface area contributed by atoms with Crippen LogP contribution in [0.2, 0.25) is 0 Å². The Morgan fingerprint density at radius 1 is 1.64 bits per heavy atom. The molecule has 0 atom stereocenters. The molecule has 1 aliphatic rings. The van der Waals surface area contributed by atoms with E-state index in [4.69, 9.17) is 5.73 Å². The van der Waals surface area contributed by atoms with Gasteiger partial charge in [-0.1, -0.05) is 0 Å². The van der Waals surface area contributed by atoms with Gasteiger partial charge < -0.3 is 5.73 Å². The van der Waals surface area contributed by atoms with Gasteiger partial charge in [0.15, 0.2) is 0 Å². The first-order valence-electron chi connectivity index (χ1n) is 2.83. The van der Waals surface area contributed by atoms with Crippen LogP contribution in [-0.2, 0) is 4.79 Å². The van der Waals surface area contributed by atoms with E-state index in [1.807, 2.05) is 0 Å². The molecule has 0 aromatic carbocycles. The molecular formula is C6H8ClN3O. The summed E-state index contributed by atoms with van der Waals surface area (Å²) in [5.74, 6) is -0.524. The molecule has 0 spiro atoms. The van der Waals surface area contributed by atoms with Crippen molar-refractivity contribution in [1.82, 2.24) is 0 Å². The molecule has 4 nitrogen and oxygen atoms in total. The van der Waals surface area contributed by atoms with Gasteiger partial charge in [-0.05, 0) is 6.08 Å². The van der Waals surface area contributed by atoms with Crippen LogP contribution in [0.1, 0.15) is 0 Å². The number of hydrogen-bond donors (Lipinski definition) is 1. The van der Waals surface area contributed by atoms with Crippen molar-refractivity contribution in [2.45, 2.75) is 0 Å². The highest BCUT2D eigenvalue weighted by atomic mass is 35.5. The van der Waals surface area contributed by atoms with Gasteiger partial charge in [0.25, 0.3) is 5.91 Å². The lowest BCUT2D eigenvalue weighted by atomic mass is 10.4. The Morgan fingerprint density at radius 3 is 3.00 bits per heavy atom.